The number of aromatic nitrogens is 3. The van der Waals surface area contributed by atoms with Crippen LogP contribution in [0.1, 0.15) is 10.5 Å². The fourth-order valence-corrected chi connectivity index (χ4v) is 1.30. The number of hydrogen-bond donors (Lipinski definition) is 0. The molecule has 0 unspecified atom stereocenters. The predicted octanol–water partition coefficient (Wildman–Crippen LogP) is 1.29. The van der Waals surface area contributed by atoms with Gasteiger partial charge in [0, 0.05) is 25.0 Å². The molecule has 0 N–H and O–H groups in total. The van der Waals surface area contributed by atoms with Gasteiger partial charge in [0.15, 0.2) is 6.29 Å². The minimum absolute atomic E-state index is 0.566. The van der Waals surface area contributed by atoms with Gasteiger partial charge in [0.25, 0.3) is 0 Å². The lowest BCUT2D eigenvalue weighted by Crippen LogP contribution is -1.97. The third-order valence-electron chi connectivity index (χ3n) is 2.08. The van der Waals surface area contributed by atoms with E-state index in [2.05, 4.69) is 9.97 Å². The summed E-state index contributed by atoms with van der Waals surface area (Å²) in [6, 6.07) is 3.72. The smallest absolute Gasteiger partial charge is 0.168 e. The van der Waals surface area contributed by atoms with Crippen LogP contribution in [0.15, 0.2) is 30.7 Å². The van der Waals surface area contributed by atoms with Gasteiger partial charge in [-0.1, -0.05) is 0 Å². The highest BCUT2D eigenvalue weighted by Crippen LogP contribution is 2.16. The fraction of sp³-hybridized carbons (Fsp3) is 0.100. The zero-order valence-electron chi connectivity index (χ0n) is 7.71. The fourth-order valence-electron chi connectivity index (χ4n) is 1.30. The van der Waals surface area contributed by atoms with Crippen LogP contribution in [0.4, 0.5) is 0 Å². The minimum atomic E-state index is 0.566. The number of nitrogens with zero attached hydrogens (tertiary/aromatic N) is 3. The Hall–Kier alpha value is -1.97. The van der Waals surface area contributed by atoms with Gasteiger partial charge in [0.1, 0.15) is 11.5 Å². The normalized spacial score (nSPS) is 10.1. The molecule has 0 saturated carbocycles. The molecule has 0 aliphatic carbocycles. The van der Waals surface area contributed by atoms with E-state index in [9.17, 15) is 4.79 Å². The molecule has 0 bridgehead atoms. The summed E-state index contributed by atoms with van der Waals surface area (Å²) in [5.74, 6) is 0.773. The molecule has 0 saturated heterocycles. The quantitative estimate of drug-likeness (QED) is 0.665. The Morgan fingerprint density at radius 3 is 2.64 bits per heavy atom. The van der Waals surface area contributed by atoms with Crippen LogP contribution in [0.2, 0.25) is 0 Å². The van der Waals surface area contributed by atoms with E-state index in [-0.39, 0.29) is 0 Å². The van der Waals surface area contributed by atoms with E-state index in [0.29, 0.717) is 5.69 Å². The van der Waals surface area contributed by atoms with Crippen LogP contribution >= 0.6 is 0 Å². The van der Waals surface area contributed by atoms with Crippen LogP contribution < -0.4 is 0 Å². The van der Waals surface area contributed by atoms with Crippen molar-refractivity contribution in [2.45, 2.75) is 0 Å². The molecule has 0 aliphatic heterocycles. The van der Waals surface area contributed by atoms with Gasteiger partial charge < -0.3 is 4.57 Å². The van der Waals surface area contributed by atoms with Crippen LogP contribution in [-0.2, 0) is 7.05 Å². The highest BCUT2D eigenvalue weighted by molar-refractivity contribution is 5.74. The zero-order chi connectivity index (χ0) is 9.97. The molecule has 2 aromatic heterocycles. The lowest BCUT2D eigenvalue weighted by molar-refractivity contribution is 0.111. The first-order valence-corrected chi connectivity index (χ1v) is 4.20. The standard InChI is InChI=1S/C10H9N3O/c1-13-9(7-14)6-12-10(13)8-2-4-11-5-3-8/h2-7H,1H3. The summed E-state index contributed by atoms with van der Waals surface area (Å²) in [4.78, 5) is 18.7. The third-order valence-corrected chi connectivity index (χ3v) is 2.08. The van der Waals surface area contributed by atoms with Gasteiger partial charge in [-0.25, -0.2) is 4.98 Å². The lowest BCUT2D eigenvalue weighted by atomic mass is 10.2. The molecule has 4 heteroatoms. The van der Waals surface area contributed by atoms with Gasteiger partial charge in [-0.3, -0.25) is 9.78 Å². The molecule has 0 spiro atoms. The molecule has 0 radical (unpaired) electrons. The Bertz CT molecular complexity index is 448. The first kappa shape index (κ1) is 8.62. The van der Waals surface area contributed by atoms with E-state index < -0.39 is 0 Å². The molecule has 0 atom stereocenters. The Labute approximate surface area is 81.2 Å². The maximum absolute atomic E-state index is 10.6. The van der Waals surface area contributed by atoms with Gasteiger partial charge >= 0.3 is 0 Å². The summed E-state index contributed by atoms with van der Waals surface area (Å²) < 4.78 is 1.75. The first-order chi connectivity index (χ1) is 6.83. The van der Waals surface area contributed by atoms with Crippen LogP contribution in [0.3, 0.4) is 0 Å². The van der Waals surface area contributed by atoms with Gasteiger partial charge in [-0.15, -0.1) is 0 Å². The number of aldehydes is 1. The van der Waals surface area contributed by atoms with Gasteiger partial charge in [0.2, 0.25) is 0 Å². The molecule has 70 valence electrons. The Morgan fingerprint density at radius 2 is 2.07 bits per heavy atom. The number of pyridine rings is 1. The highest BCUT2D eigenvalue weighted by Gasteiger charge is 2.06. The zero-order valence-corrected chi connectivity index (χ0v) is 7.71. The molecule has 0 amide bonds. The van der Waals surface area contributed by atoms with Crippen molar-refractivity contribution in [1.82, 2.24) is 14.5 Å². The topological polar surface area (TPSA) is 47.8 Å². The maximum atomic E-state index is 10.6. The number of carbonyl (C=O) groups excluding carboxylic acids is 1. The van der Waals surface area contributed by atoms with Crippen molar-refractivity contribution in [1.29, 1.82) is 0 Å². The van der Waals surface area contributed by atoms with Crippen molar-refractivity contribution < 1.29 is 4.79 Å². The number of hydrogen-bond acceptors (Lipinski definition) is 3. The summed E-state index contributed by atoms with van der Waals surface area (Å²) in [6.45, 7) is 0. The summed E-state index contributed by atoms with van der Waals surface area (Å²) in [5, 5.41) is 0. The van der Waals surface area contributed by atoms with E-state index in [1.54, 1.807) is 23.2 Å². The van der Waals surface area contributed by atoms with Crippen molar-refractivity contribution in [3.05, 3.63) is 36.4 Å². The van der Waals surface area contributed by atoms with Crippen molar-refractivity contribution in [3.63, 3.8) is 0 Å². The third kappa shape index (κ3) is 1.31. The van der Waals surface area contributed by atoms with Crippen molar-refractivity contribution in [2.75, 3.05) is 0 Å². The van der Waals surface area contributed by atoms with Gasteiger partial charge in [0.05, 0.1) is 6.20 Å². The summed E-state index contributed by atoms with van der Waals surface area (Å²) in [5.41, 5.74) is 1.52. The Kier molecular flexibility index (Phi) is 2.10. The molecule has 0 aromatic carbocycles. The second-order valence-corrected chi connectivity index (χ2v) is 2.92. The van der Waals surface area contributed by atoms with E-state index in [4.69, 9.17) is 0 Å². The molecular weight excluding hydrogens is 178 g/mol. The first-order valence-electron chi connectivity index (χ1n) is 4.20. The van der Waals surface area contributed by atoms with E-state index in [1.807, 2.05) is 19.2 Å². The predicted molar refractivity (Wildman–Crippen MR) is 51.8 cm³/mol. The highest BCUT2D eigenvalue weighted by atomic mass is 16.1. The molecule has 14 heavy (non-hydrogen) atoms. The molecule has 0 fully saturated rings. The number of carbonyl (C=O) groups is 1. The molecular formula is C10H9N3O. The van der Waals surface area contributed by atoms with Crippen LogP contribution in [0.5, 0.6) is 0 Å². The Balaban J connectivity index is 2.53. The van der Waals surface area contributed by atoms with Crippen LogP contribution in [0.25, 0.3) is 11.4 Å². The molecule has 2 rings (SSSR count). The average molecular weight is 187 g/mol. The number of imidazole rings is 1. The molecule has 4 nitrogen and oxygen atoms in total. The monoisotopic (exact) mass is 187 g/mol. The van der Waals surface area contributed by atoms with E-state index >= 15 is 0 Å². The van der Waals surface area contributed by atoms with Gasteiger partial charge in [-0.2, -0.15) is 0 Å². The maximum Gasteiger partial charge on any atom is 0.168 e. The Morgan fingerprint density at radius 1 is 1.36 bits per heavy atom. The summed E-state index contributed by atoms with van der Waals surface area (Å²) >= 11 is 0. The van der Waals surface area contributed by atoms with Crippen LogP contribution in [0, 0.1) is 0 Å². The van der Waals surface area contributed by atoms with Crippen molar-refractivity contribution >= 4 is 6.29 Å². The summed E-state index contributed by atoms with van der Waals surface area (Å²) in [6.07, 6.45) is 5.75. The van der Waals surface area contributed by atoms with E-state index in [0.717, 1.165) is 17.7 Å². The molecule has 0 aliphatic rings. The second-order valence-electron chi connectivity index (χ2n) is 2.92. The van der Waals surface area contributed by atoms with E-state index in [1.165, 1.54) is 0 Å². The summed E-state index contributed by atoms with van der Waals surface area (Å²) in [7, 11) is 1.81. The molecule has 2 aromatic rings. The van der Waals surface area contributed by atoms with Crippen LogP contribution in [-0.4, -0.2) is 20.8 Å². The second kappa shape index (κ2) is 3.41. The van der Waals surface area contributed by atoms with Crippen molar-refractivity contribution in [2.24, 2.45) is 7.05 Å². The van der Waals surface area contributed by atoms with Gasteiger partial charge in [-0.05, 0) is 12.1 Å². The number of rotatable bonds is 2. The minimum Gasteiger partial charge on any atom is -0.325 e. The largest absolute Gasteiger partial charge is 0.325 e. The average Bonchev–Trinajstić information content (AvgIpc) is 2.61. The lowest BCUT2D eigenvalue weighted by Gasteiger charge is -2.01. The van der Waals surface area contributed by atoms with Crippen molar-refractivity contribution in [3.8, 4) is 11.4 Å². The SMILES string of the molecule is Cn1c(C=O)cnc1-c1ccncc1. The molecule has 2 heterocycles.